The molecule has 2 aliphatic rings. The maximum Gasteiger partial charge on any atom is 0.220 e. The van der Waals surface area contributed by atoms with Gasteiger partial charge in [-0.25, -0.2) is 9.98 Å². The molecular formula is C21H16FN3OS. The lowest BCUT2D eigenvalue weighted by Gasteiger charge is -2.40. The number of aromatic nitrogens is 1. The molecule has 2 aromatic carbocycles. The number of hydrogen-bond donors (Lipinski definition) is 1. The van der Waals surface area contributed by atoms with Gasteiger partial charge in [0.25, 0.3) is 0 Å². The average molecular weight is 377 g/mol. The molecule has 0 aliphatic carbocycles. The number of halogens is 1. The average Bonchev–Trinajstić information content (AvgIpc) is 2.68. The Morgan fingerprint density at radius 1 is 1.00 bits per heavy atom. The Labute approximate surface area is 160 Å². The van der Waals surface area contributed by atoms with E-state index < -0.39 is 11.5 Å². The number of nitrogens with two attached hydrogens (primary N) is 1. The number of fused-ring (bicyclic) bond motifs is 4. The van der Waals surface area contributed by atoms with Gasteiger partial charge >= 0.3 is 0 Å². The minimum Gasteiger partial charge on any atom is -0.457 e. The molecular weight excluding hydrogens is 361 g/mol. The van der Waals surface area contributed by atoms with E-state index in [4.69, 9.17) is 15.5 Å². The highest BCUT2D eigenvalue weighted by Crippen LogP contribution is 2.55. The molecule has 2 N–H and O–H groups in total. The van der Waals surface area contributed by atoms with Crippen molar-refractivity contribution in [1.29, 1.82) is 0 Å². The Morgan fingerprint density at radius 3 is 2.67 bits per heavy atom. The lowest BCUT2D eigenvalue weighted by Crippen LogP contribution is -2.36. The number of pyridine rings is 1. The van der Waals surface area contributed by atoms with E-state index in [-0.39, 0.29) is 0 Å². The predicted molar refractivity (Wildman–Crippen MR) is 106 cm³/mol. The highest BCUT2D eigenvalue weighted by molar-refractivity contribution is 8.13. The van der Waals surface area contributed by atoms with E-state index in [9.17, 15) is 4.39 Å². The third kappa shape index (κ3) is 2.44. The van der Waals surface area contributed by atoms with Crippen LogP contribution in [0.1, 0.15) is 17.5 Å². The molecule has 1 atom stereocenters. The molecule has 0 amide bonds. The second kappa shape index (κ2) is 6.09. The number of ether oxygens (including phenoxy) is 1. The number of hydrogen-bond acceptors (Lipinski definition) is 5. The third-order valence-electron chi connectivity index (χ3n) is 5.06. The molecule has 27 heavy (non-hydrogen) atoms. The molecule has 0 saturated carbocycles. The van der Waals surface area contributed by atoms with Crippen LogP contribution < -0.4 is 10.5 Å². The lowest BCUT2D eigenvalue weighted by molar-refractivity contribution is 0.392. The van der Waals surface area contributed by atoms with Crippen molar-refractivity contribution in [2.75, 3.05) is 5.75 Å². The second-order valence-corrected chi connectivity index (χ2v) is 7.64. The van der Waals surface area contributed by atoms with Gasteiger partial charge in [0.05, 0.1) is 0 Å². The van der Waals surface area contributed by atoms with E-state index in [2.05, 4.69) is 4.98 Å². The van der Waals surface area contributed by atoms with Crippen molar-refractivity contribution >= 4 is 16.9 Å². The number of para-hydroxylation sites is 1. The Kier molecular flexibility index (Phi) is 3.68. The van der Waals surface area contributed by atoms with Crippen molar-refractivity contribution in [3.8, 4) is 22.6 Å². The first-order chi connectivity index (χ1) is 13.2. The van der Waals surface area contributed by atoms with Crippen LogP contribution >= 0.6 is 11.8 Å². The SMILES string of the molecule is NC1=NC2(CCS1)c1ccccc1Oc1cccc(-c3cccnc3F)c12. The summed E-state index contributed by atoms with van der Waals surface area (Å²) in [4.78, 5) is 8.73. The Balaban J connectivity index is 1.87. The molecule has 2 aliphatic heterocycles. The molecule has 3 aromatic rings. The first kappa shape index (κ1) is 16.3. The van der Waals surface area contributed by atoms with Gasteiger partial charge < -0.3 is 10.5 Å². The first-order valence-corrected chi connectivity index (χ1v) is 9.67. The summed E-state index contributed by atoms with van der Waals surface area (Å²) in [6.07, 6.45) is 2.20. The molecule has 0 bridgehead atoms. The van der Waals surface area contributed by atoms with Gasteiger partial charge in [0.1, 0.15) is 17.0 Å². The normalized spacial score (nSPS) is 20.4. The standard InChI is InChI=1S/C21H16FN3OS/c22-19-14(6-4-11-24-19)13-5-3-9-17-18(13)21(10-12-27-20(23)25-21)15-7-1-2-8-16(15)26-17/h1-9,11H,10,12H2,(H2,23,25). The molecule has 5 rings (SSSR count). The topological polar surface area (TPSA) is 60.5 Å². The minimum atomic E-state index is -0.696. The number of rotatable bonds is 1. The molecule has 3 heterocycles. The summed E-state index contributed by atoms with van der Waals surface area (Å²) in [5.41, 5.74) is 8.43. The van der Waals surface area contributed by atoms with Crippen LogP contribution in [0.4, 0.5) is 4.39 Å². The van der Waals surface area contributed by atoms with Crippen molar-refractivity contribution in [3.05, 3.63) is 77.9 Å². The molecule has 4 nitrogen and oxygen atoms in total. The number of amidine groups is 1. The Morgan fingerprint density at radius 2 is 1.81 bits per heavy atom. The Hall–Kier alpha value is -2.86. The molecule has 1 spiro atoms. The zero-order valence-corrected chi connectivity index (χ0v) is 15.2. The molecule has 1 unspecified atom stereocenters. The van der Waals surface area contributed by atoms with Gasteiger partial charge in [0.2, 0.25) is 5.95 Å². The molecule has 0 fully saturated rings. The highest BCUT2D eigenvalue weighted by atomic mass is 32.2. The van der Waals surface area contributed by atoms with Crippen LogP contribution in [0.3, 0.4) is 0 Å². The second-order valence-electron chi connectivity index (χ2n) is 6.53. The number of benzene rings is 2. The van der Waals surface area contributed by atoms with Crippen LogP contribution in [0, 0.1) is 5.95 Å². The summed E-state index contributed by atoms with van der Waals surface area (Å²) >= 11 is 1.54. The van der Waals surface area contributed by atoms with E-state index in [1.807, 2.05) is 42.5 Å². The van der Waals surface area contributed by atoms with Crippen molar-refractivity contribution in [1.82, 2.24) is 4.98 Å². The summed E-state index contributed by atoms with van der Waals surface area (Å²) in [6, 6.07) is 17.0. The van der Waals surface area contributed by atoms with Crippen LogP contribution in [0.2, 0.25) is 0 Å². The molecule has 0 saturated heterocycles. The van der Waals surface area contributed by atoms with Crippen LogP contribution in [0.5, 0.6) is 11.5 Å². The lowest BCUT2D eigenvalue weighted by atomic mass is 9.75. The van der Waals surface area contributed by atoms with Crippen LogP contribution in [-0.4, -0.2) is 15.9 Å². The van der Waals surface area contributed by atoms with Crippen molar-refractivity contribution in [2.45, 2.75) is 12.0 Å². The largest absolute Gasteiger partial charge is 0.457 e. The van der Waals surface area contributed by atoms with E-state index >= 15 is 0 Å². The van der Waals surface area contributed by atoms with Crippen molar-refractivity contribution in [2.24, 2.45) is 10.7 Å². The highest BCUT2D eigenvalue weighted by Gasteiger charge is 2.45. The molecule has 134 valence electrons. The fourth-order valence-corrected chi connectivity index (χ4v) is 4.79. The summed E-state index contributed by atoms with van der Waals surface area (Å²) in [6.45, 7) is 0. The summed E-state index contributed by atoms with van der Waals surface area (Å²) < 4.78 is 20.7. The zero-order valence-electron chi connectivity index (χ0n) is 14.4. The fourth-order valence-electron chi connectivity index (χ4n) is 3.96. The smallest absolute Gasteiger partial charge is 0.220 e. The summed E-state index contributed by atoms with van der Waals surface area (Å²) in [5, 5.41) is 0.533. The van der Waals surface area contributed by atoms with Gasteiger partial charge in [-0.15, -0.1) is 0 Å². The number of nitrogens with zero attached hydrogens (tertiary/aromatic N) is 2. The quantitative estimate of drug-likeness (QED) is 0.625. The zero-order chi connectivity index (χ0) is 18.4. The van der Waals surface area contributed by atoms with Gasteiger partial charge in [-0.05, 0) is 36.2 Å². The van der Waals surface area contributed by atoms with Crippen LogP contribution in [-0.2, 0) is 5.54 Å². The van der Waals surface area contributed by atoms with Crippen molar-refractivity contribution < 1.29 is 9.13 Å². The molecule has 1 aromatic heterocycles. The number of aliphatic imine (C=N–C) groups is 1. The van der Waals surface area contributed by atoms with Gasteiger partial charge in [-0.1, -0.05) is 42.1 Å². The maximum atomic E-state index is 14.6. The Bertz CT molecular complexity index is 1080. The first-order valence-electron chi connectivity index (χ1n) is 8.69. The van der Waals surface area contributed by atoms with E-state index in [1.54, 1.807) is 23.9 Å². The maximum absolute atomic E-state index is 14.6. The number of thioether (sulfide) groups is 1. The third-order valence-corrected chi connectivity index (χ3v) is 5.85. The van der Waals surface area contributed by atoms with Crippen molar-refractivity contribution in [3.63, 3.8) is 0 Å². The van der Waals surface area contributed by atoms with Crippen LogP contribution in [0.25, 0.3) is 11.1 Å². The van der Waals surface area contributed by atoms with Gasteiger partial charge in [-0.2, -0.15) is 4.39 Å². The van der Waals surface area contributed by atoms with Gasteiger partial charge in [0.15, 0.2) is 5.17 Å². The van der Waals surface area contributed by atoms with E-state index in [0.717, 1.165) is 34.6 Å². The predicted octanol–water partition coefficient (Wildman–Crippen LogP) is 4.69. The summed E-state index contributed by atoms with van der Waals surface area (Å²) in [5.74, 6) is 1.75. The minimum absolute atomic E-state index is 0.434. The molecule has 6 heteroatoms. The summed E-state index contributed by atoms with van der Waals surface area (Å²) in [7, 11) is 0. The van der Waals surface area contributed by atoms with E-state index in [1.165, 1.54) is 6.20 Å². The molecule has 0 radical (unpaired) electrons. The fraction of sp³-hybridized carbons (Fsp3) is 0.143. The monoisotopic (exact) mass is 377 g/mol. The van der Waals surface area contributed by atoms with Crippen LogP contribution in [0.15, 0.2) is 65.8 Å². The van der Waals surface area contributed by atoms with Gasteiger partial charge in [0, 0.05) is 28.6 Å². The van der Waals surface area contributed by atoms with Gasteiger partial charge in [-0.3, -0.25) is 0 Å². The van der Waals surface area contributed by atoms with E-state index in [0.29, 0.717) is 16.5 Å².